The van der Waals surface area contributed by atoms with Crippen LogP contribution in [-0.2, 0) is 25.3 Å². The summed E-state index contributed by atoms with van der Waals surface area (Å²) in [6, 6.07) is 1.44. The first kappa shape index (κ1) is 17.0. The molecule has 0 spiro atoms. The molecule has 1 aromatic heterocycles. The number of nitrogens with zero attached hydrogens (tertiary/aromatic N) is 1. The molecule has 0 aromatic carbocycles. The van der Waals surface area contributed by atoms with Crippen LogP contribution < -0.4 is 4.72 Å². The molecule has 0 aliphatic heterocycles. The van der Waals surface area contributed by atoms with Crippen molar-refractivity contribution in [1.82, 2.24) is 9.88 Å². The quantitative estimate of drug-likeness (QED) is 0.851. The number of sulfonamides is 1. The fourth-order valence-electron chi connectivity index (χ4n) is 2.63. The minimum absolute atomic E-state index is 0.0164. The molecular formula is C14H22N2O5S. The van der Waals surface area contributed by atoms with E-state index in [1.165, 1.54) is 18.8 Å². The van der Waals surface area contributed by atoms with Crippen molar-refractivity contribution >= 4 is 15.9 Å². The van der Waals surface area contributed by atoms with Gasteiger partial charge in [0.2, 0.25) is 10.0 Å². The maximum atomic E-state index is 12.0. The van der Waals surface area contributed by atoms with Gasteiger partial charge in [0.25, 0.3) is 5.91 Å². The number of nitrogens with one attached hydrogen (secondary N) is 1. The first-order chi connectivity index (χ1) is 10.4. The Bertz CT molecular complexity index is 584. The lowest BCUT2D eigenvalue weighted by atomic mass is 9.88. The maximum Gasteiger partial charge on any atom is 0.262 e. The van der Waals surface area contributed by atoms with Crippen LogP contribution in [0.1, 0.15) is 45.2 Å². The van der Waals surface area contributed by atoms with Crippen molar-refractivity contribution in [3.05, 3.63) is 18.0 Å². The summed E-state index contributed by atoms with van der Waals surface area (Å²) >= 11 is 0. The molecule has 1 saturated carbocycles. The van der Waals surface area contributed by atoms with Gasteiger partial charge < -0.3 is 9.26 Å². The molecule has 1 heterocycles. The van der Waals surface area contributed by atoms with Crippen molar-refractivity contribution in [2.45, 2.75) is 57.5 Å². The van der Waals surface area contributed by atoms with Crippen LogP contribution in [0.3, 0.4) is 0 Å². The molecule has 0 unspecified atom stereocenters. The van der Waals surface area contributed by atoms with Gasteiger partial charge in [0.15, 0.2) is 0 Å². The largest absolute Gasteiger partial charge is 0.365 e. The third-order valence-corrected chi connectivity index (χ3v) is 4.93. The summed E-state index contributed by atoms with van der Waals surface area (Å²) in [6.45, 7) is 3.73. The number of carbonyl (C=O) groups is 1. The molecule has 1 fully saturated rings. The molecule has 3 atom stereocenters. The van der Waals surface area contributed by atoms with Crippen molar-refractivity contribution in [3.63, 3.8) is 0 Å². The highest BCUT2D eigenvalue weighted by atomic mass is 32.2. The highest BCUT2D eigenvalue weighted by Gasteiger charge is 2.26. The van der Waals surface area contributed by atoms with E-state index in [9.17, 15) is 13.2 Å². The lowest BCUT2D eigenvalue weighted by Gasteiger charge is -2.28. The van der Waals surface area contributed by atoms with Gasteiger partial charge in [-0.2, -0.15) is 0 Å². The predicted octanol–water partition coefficient (Wildman–Crippen LogP) is 1.60. The minimum atomic E-state index is -3.80. The van der Waals surface area contributed by atoms with E-state index in [1.807, 2.05) is 4.72 Å². The third kappa shape index (κ3) is 5.10. The Morgan fingerprint density at radius 2 is 2.32 bits per heavy atom. The molecule has 22 heavy (non-hydrogen) atoms. The molecule has 1 N–H and O–H groups in total. The van der Waals surface area contributed by atoms with E-state index < -0.39 is 27.8 Å². The average Bonchev–Trinajstić information content (AvgIpc) is 2.90. The summed E-state index contributed by atoms with van der Waals surface area (Å²) in [5.41, 5.74) is 0.245. The summed E-state index contributed by atoms with van der Waals surface area (Å²) in [5.74, 6) is -0.478. The van der Waals surface area contributed by atoms with E-state index in [0.717, 1.165) is 19.3 Å². The fourth-order valence-corrected chi connectivity index (χ4v) is 3.71. The number of carbonyl (C=O) groups excluding carboxylic acids is 1. The second-order valence-corrected chi connectivity index (χ2v) is 7.61. The van der Waals surface area contributed by atoms with Crippen molar-refractivity contribution in [2.24, 2.45) is 5.92 Å². The lowest BCUT2D eigenvalue weighted by molar-refractivity contribution is -0.135. The molecule has 8 heteroatoms. The van der Waals surface area contributed by atoms with Gasteiger partial charge >= 0.3 is 0 Å². The van der Waals surface area contributed by atoms with E-state index in [-0.39, 0.29) is 11.8 Å². The van der Waals surface area contributed by atoms with Gasteiger partial charge in [-0.1, -0.05) is 24.9 Å². The van der Waals surface area contributed by atoms with E-state index in [4.69, 9.17) is 4.74 Å². The highest BCUT2D eigenvalue weighted by Crippen LogP contribution is 2.26. The number of ether oxygens (including phenoxy) is 1. The molecule has 124 valence electrons. The van der Waals surface area contributed by atoms with Crippen LogP contribution in [0.25, 0.3) is 0 Å². The van der Waals surface area contributed by atoms with E-state index >= 15 is 0 Å². The van der Waals surface area contributed by atoms with Crippen molar-refractivity contribution < 1.29 is 22.5 Å². The molecule has 0 saturated heterocycles. The summed E-state index contributed by atoms with van der Waals surface area (Å²) < 4.78 is 36.1. The Balaban J connectivity index is 1.85. The number of hydrogen-bond donors (Lipinski definition) is 1. The van der Waals surface area contributed by atoms with Gasteiger partial charge in [-0.05, 0) is 25.7 Å². The van der Waals surface area contributed by atoms with Crippen molar-refractivity contribution in [1.29, 1.82) is 0 Å². The molecule has 1 amide bonds. The molecule has 0 radical (unpaired) electrons. The molecule has 1 aliphatic carbocycles. The predicted molar refractivity (Wildman–Crippen MR) is 79.2 cm³/mol. The smallest absolute Gasteiger partial charge is 0.262 e. The number of hydrogen-bond acceptors (Lipinski definition) is 6. The average molecular weight is 330 g/mol. The van der Waals surface area contributed by atoms with Crippen LogP contribution in [0, 0.1) is 5.92 Å². The van der Waals surface area contributed by atoms with Crippen molar-refractivity contribution in [2.75, 3.05) is 0 Å². The second kappa shape index (κ2) is 7.23. The highest BCUT2D eigenvalue weighted by molar-refractivity contribution is 7.89. The Morgan fingerprint density at radius 3 is 2.95 bits per heavy atom. The van der Waals surface area contributed by atoms with Crippen molar-refractivity contribution in [3.8, 4) is 0 Å². The van der Waals surface area contributed by atoms with Gasteiger partial charge in [0.05, 0.1) is 6.10 Å². The Hall–Kier alpha value is -1.41. The summed E-state index contributed by atoms with van der Waals surface area (Å²) in [7, 11) is -3.80. The van der Waals surface area contributed by atoms with Gasteiger partial charge in [0.1, 0.15) is 23.8 Å². The van der Waals surface area contributed by atoms with Crippen LogP contribution in [0.5, 0.6) is 0 Å². The molecule has 7 nitrogen and oxygen atoms in total. The van der Waals surface area contributed by atoms with Crippen LogP contribution in [0.4, 0.5) is 0 Å². The number of rotatable bonds is 6. The molecule has 2 rings (SSSR count). The molecule has 0 bridgehead atoms. The zero-order chi connectivity index (χ0) is 16.2. The Kier molecular flexibility index (Phi) is 5.57. The van der Waals surface area contributed by atoms with E-state index in [1.54, 1.807) is 6.92 Å². The number of aromatic nitrogens is 1. The van der Waals surface area contributed by atoms with Crippen LogP contribution >= 0.6 is 0 Å². The van der Waals surface area contributed by atoms with Crippen LogP contribution in [0.15, 0.2) is 16.9 Å². The Labute approximate surface area is 130 Å². The van der Waals surface area contributed by atoms with Crippen LogP contribution in [0.2, 0.25) is 0 Å². The normalized spacial score (nSPS) is 23.9. The summed E-state index contributed by atoms with van der Waals surface area (Å²) in [6.07, 6.45) is 4.56. The zero-order valence-corrected chi connectivity index (χ0v) is 13.6. The topological polar surface area (TPSA) is 98.5 Å². The molecular weight excluding hydrogens is 308 g/mol. The fraction of sp³-hybridized carbons (Fsp3) is 0.714. The first-order valence-corrected chi connectivity index (χ1v) is 9.10. The maximum absolute atomic E-state index is 12.0. The van der Waals surface area contributed by atoms with Gasteiger partial charge in [-0.3, -0.25) is 9.52 Å². The van der Waals surface area contributed by atoms with Crippen LogP contribution in [-0.4, -0.2) is 31.7 Å². The summed E-state index contributed by atoms with van der Waals surface area (Å²) in [5, 5.41) is 3.52. The van der Waals surface area contributed by atoms with Gasteiger partial charge in [0, 0.05) is 6.07 Å². The second-order valence-electron chi connectivity index (χ2n) is 5.89. The Morgan fingerprint density at radius 1 is 1.55 bits per heavy atom. The third-order valence-electron chi connectivity index (χ3n) is 3.74. The van der Waals surface area contributed by atoms with E-state index in [2.05, 4.69) is 16.6 Å². The van der Waals surface area contributed by atoms with Gasteiger partial charge in [-0.25, -0.2) is 8.42 Å². The number of amides is 1. The van der Waals surface area contributed by atoms with Gasteiger partial charge in [-0.15, -0.1) is 0 Å². The zero-order valence-electron chi connectivity index (χ0n) is 12.8. The van der Waals surface area contributed by atoms with E-state index in [0.29, 0.717) is 5.92 Å². The minimum Gasteiger partial charge on any atom is -0.365 e. The molecule has 1 aliphatic rings. The molecule has 1 aromatic rings. The first-order valence-electron chi connectivity index (χ1n) is 7.45. The lowest BCUT2D eigenvalue weighted by Crippen LogP contribution is -2.41. The summed E-state index contributed by atoms with van der Waals surface area (Å²) in [4.78, 5) is 12.0. The standard InChI is InChI=1S/C14H22N2O5S/c1-10-4-3-5-13(8-10)21-11(2)14(17)16-22(18,19)9-12-6-7-20-15-12/h6-7,10-11,13H,3-5,8-9H2,1-2H3,(H,16,17)/t10-,11+,13+/m1/s1. The SMILES string of the molecule is C[C@@H]1CCC[C@H](O[C@@H](C)C(=O)NS(=O)(=O)Cc2ccon2)C1. The monoisotopic (exact) mass is 330 g/mol.